The van der Waals surface area contributed by atoms with Crippen molar-refractivity contribution in [2.24, 2.45) is 0 Å². The summed E-state index contributed by atoms with van der Waals surface area (Å²) >= 11 is 0. The van der Waals surface area contributed by atoms with E-state index in [0.29, 0.717) is 12.4 Å². The highest BCUT2D eigenvalue weighted by Gasteiger charge is 2.12. The number of aromatic amines is 1. The normalized spacial score (nSPS) is 10.9. The minimum Gasteiger partial charge on any atom is -0.489 e. The fraction of sp³-hybridized carbons (Fsp3) is 0.167. The lowest BCUT2D eigenvalue weighted by Crippen LogP contribution is -2.01. The molecule has 4 nitrogen and oxygen atoms in total. The molecule has 5 heteroatoms. The van der Waals surface area contributed by atoms with Crippen LogP contribution in [0.2, 0.25) is 0 Å². The van der Waals surface area contributed by atoms with Crippen molar-refractivity contribution in [3.05, 3.63) is 65.1 Å². The Bertz CT molecular complexity index is 853. The van der Waals surface area contributed by atoms with E-state index in [1.807, 2.05) is 25.1 Å². The number of rotatable bonds is 5. The van der Waals surface area contributed by atoms with Gasteiger partial charge in [0.2, 0.25) is 0 Å². The van der Waals surface area contributed by atoms with Crippen LogP contribution in [0.15, 0.2) is 42.5 Å². The summed E-state index contributed by atoms with van der Waals surface area (Å²) in [4.78, 5) is 14.2. The fourth-order valence-electron chi connectivity index (χ4n) is 2.58. The van der Waals surface area contributed by atoms with Crippen molar-refractivity contribution in [2.45, 2.75) is 20.0 Å². The number of hydrogen-bond donors (Lipinski definition) is 2. The summed E-state index contributed by atoms with van der Waals surface area (Å²) in [7, 11) is 0. The van der Waals surface area contributed by atoms with Gasteiger partial charge in [-0.15, -0.1) is 0 Å². The molecule has 0 amide bonds. The Morgan fingerprint density at radius 1 is 1.22 bits per heavy atom. The molecule has 23 heavy (non-hydrogen) atoms. The van der Waals surface area contributed by atoms with Crippen molar-refractivity contribution in [3.63, 3.8) is 0 Å². The van der Waals surface area contributed by atoms with Crippen LogP contribution in [-0.4, -0.2) is 16.1 Å². The first kappa shape index (κ1) is 15.1. The number of carbonyl (C=O) groups is 1. The van der Waals surface area contributed by atoms with E-state index in [2.05, 4.69) is 4.98 Å². The molecule has 0 bridgehead atoms. The zero-order chi connectivity index (χ0) is 16.4. The summed E-state index contributed by atoms with van der Waals surface area (Å²) in [5, 5.41) is 9.89. The van der Waals surface area contributed by atoms with E-state index in [1.54, 1.807) is 12.1 Å². The number of ether oxygens (including phenoxy) is 1. The van der Waals surface area contributed by atoms with Gasteiger partial charge in [-0.1, -0.05) is 12.1 Å². The molecule has 0 fully saturated rings. The van der Waals surface area contributed by atoms with Crippen LogP contribution in [-0.2, 0) is 17.8 Å². The Morgan fingerprint density at radius 2 is 1.96 bits per heavy atom. The van der Waals surface area contributed by atoms with Crippen molar-refractivity contribution in [2.75, 3.05) is 0 Å². The SMILES string of the molecule is Cc1[nH]c2ccc(OCc3ccc(F)cc3)cc2c1CC(=O)O. The van der Waals surface area contributed by atoms with Crippen LogP contribution in [0.25, 0.3) is 10.9 Å². The van der Waals surface area contributed by atoms with Gasteiger partial charge in [-0.25, -0.2) is 4.39 Å². The minimum atomic E-state index is -0.869. The number of aryl methyl sites for hydroxylation is 1. The molecule has 3 rings (SSSR count). The molecular formula is C18H16FNO3. The van der Waals surface area contributed by atoms with Crippen LogP contribution in [0.5, 0.6) is 5.75 Å². The largest absolute Gasteiger partial charge is 0.489 e. The van der Waals surface area contributed by atoms with Gasteiger partial charge >= 0.3 is 5.97 Å². The predicted molar refractivity (Wildman–Crippen MR) is 85.1 cm³/mol. The molecule has 0 radical (unpaired) electrons. The number of H-pyrrole nitrogens is 1. The first-order chi connectivity index (χ1) is 11.0. The van der Waals surface area contributed by atoms with Crippen LogP contribution >= 0.6 is 0 Å². The van der Waals surface area contributed by atoms with E-state index < -0.39 is 5.97 Å². The third-order valence-electron chi connectivity index (χ3n) is 3.74. The molecule has 3 aromatic rings. The summed E-state index contributed by atoms with van der Waals surface area (Å²) < 4.78 is 18.6. The number of fused-ring (bicyclic) bond motifs is 1. The quantitative estimate of drug-likeness (QED) is 0.752. The van der Waals surface area contributed by atoms with Gasteiger partial charge in [0, 0.05) is 16.6 Å². The van der Waals surface area contributed by atoms with Gasteiger partial charge in [-0.3, -0.25) is 4.79 Å². The Morgan fingerprint density at radius 3 is 2.65 bits per heavy atom. The van der Waals surface area contributed by atoms with E-state index in [9.17, 15) is 9.18 Å². The van der Waals surface area contributed by atoms with Gasteiger partial charge in [0.1, 0.15) is 18.2 Å². The molecule has 0 spiro atoms. The van der Waals surface area contributed by atoms with Crippen LogP contribution in [0.3, 0.4) is 0 Å². The van der Waals surface area contributed by atoms with Crippen LogP contribution in [0, 0.1) is 12.7 Å². The average Bonchev–Trinajstić information content (AvgIpc) is 2.82. The van der Waals surface area contributed by atoms with Crippen LogP contribution in [0.4, 0.5) is 4.39 Å². The maximum absolute atomic E-state index is 12.9. The molecule has 1 heterocycles. The maximum Gasteiger partial charge on any atom is 0.307 e. The molecule has 0 unspecified atom stereocenters. The van der Waals surface area contributed by atoms with E-state index in [0.717, 1.165) is 27.7 Å². The second-order valence-electron chi connectivity index (χ2n) is 5.42. The molecule has 0 aliphatic rings. The van der Waals surface area contributed by atoms with Crippen molar-refractivity contribution in [1.82, 2.24) is 4.98 Å². The number of aromatic nitrogens is 1. The monoisotopic (exact) mass is 313 g/mol. The number of carboxylic acids is 1. The lowest BCUT2D eigenvalue weighted by atomic mass is 10.1. The summed E-state index contributed by atoms with van der Waals surface area (Å²) in [6.07, 6.45) is -0.0345. The topological polar surface area (TPSA) is 62.3 Å². The summed E-state index contributed by atoms with van der Waals surface area (Å²) in [5.41, 5.74) is 3.35. The highest BCUT2D eigenvalue weighted by molar-refractivity contribution is 5.89. The van der Waals surface area contributed by atoms with E-state index in [4.69, 9.17) is 9.84 Å². The van der Waals surface area contributed by atoms with Crippen molar-refractivity contribution in [3.8, 4) is 5.75 Å². The Labute approximate surface area is 132 Å². The number of carboxylic acid groups (broad SMARTS) is 1. The van der Waals surface area contributed by atoms with Gasteiger partial charge in [0.25, 0.3) is 0 Å². The third-order valence-corrected chi connectivity index (χ3v) is 3.74. The second-order valence-corrected chi connectivity index (χ2v) is 5.42. The molecule has 2 aromatic carbocycles. The van der Waals surface area contributed by atoms with Gasteiger partial charge in [-0.05, 0) is 48.4 Å². The molecule has 2 N–H and O–H groups in total. The Hall–Kier alpha value is -2.82. The molecule has 0 aliphatic carbocycles. The number of aliphatic carboxylic acids is 1. The summed E-state index contributed by atoms with van der Waals surface area (Å²) in [6.45, 7) is 2.18. The molecule has 0 saturated carbocycles. The minimum absolute atomic E-state index is 0.0345. The molecule has 118 valence electrons. The zero-order valence-electron chi connectivity index (χ0n) is 12.6. The number of benzene rings is 2. The lowest BCUT2D eigenvalue weighted by molar-refractivity contribution is -0.136. The Balaban J connectivity index is 1.84. The number of nitrogens with one attached hydrogen (secondary N) is 1. The van der Waals surface area contributed by atoms with E-state index in [1.165, 1.54) is 12.1 Å². The zero-order valence-corrected chi connectivity index (χ0v) is 12.6. The number of hydrogen-bond acceptors (Lipinski definition) is 2. The highest BCUT2D eigenvalue weighted by atomic mass is 19.1. The predicted octanol–water partition coefficient (Wildman–Crippen LogP) is 3.82. The smallest absolute Gasteiger partial charge is 0.307 e. The molecular weight excluding hydrogens is 297 g/mol. The molecule has 0 atom stereocenters. The fourth-order valence-corrected chi connectivity index (χ4v) is 2.58. The molecule has 0 aliphatic heterocycles. The number of halogens is 1. The first-order valence-electron chi connectivity index (χ1n) is 7.23. The van der Waals surface area contributed by atoms with Crippen molar-refractivity contribution < 1.29 is 19.0 Å². The van der Waals surface area contributed by atoms with E-state index in [-0.39, 0.29) is 12.2 Å². The first-order valence-corrected chi connectivity index (χ1v) is 7.23. The molecule has 0 saturated heterocycles. The second kappa shape index (κ2) is 6.12. The third kappa shape index (κ3) is 3.34. The van der Waals surface area contributed by atoms with Gasteiger partial charge in [0.05, 0.1) is 6.42 Å². The van der Waals surface area contributed by atoms with Crippen molar-refractivity contribution in [1.29, 1.82) is 0 Å². The average molecular weight is 313 g/mol. The Kier molecular flexibility index (Phi) is 4.02. The van der Waals surface area contributed by atoms with Crippen LogP contribution in [0.1, 0.15) is 16.8 Å². The highest BCUT2D eigenvalue weighted by Crippen LogP contribution is 2.27. The standard InChI is InChI=1S/C18H16FNO3/c1-11-15(9-18(21)22)16-8-14(6-7-17(16)20-11)23-10-12-2-4-13(19)5-3-12/h2-8,20H,9-10H2,1H3,(H,21,22). The lowest BCUT2D eigenvalue weighted by Gasteiger charge is -2.07. The summed E-state index contributed by atoms with van der Waals surface area (Å²) in [5.74, 6) is -0.504. The van der Waals surface area contributed by atoms with E-state index >= 15 is 0 Å². The maximum atomic E-state index is 12.9. The van der Waals surface area contributed by atoms with Gasteiger partial charge < -0.3 is 14.8 Å². The van der Waals surface area contributed by atoms with Crippen LogP contribution < -0.4 is 4.74 Å². The van der Waals surface area contributed by atoms with Crippen molar-refractivity contribution >= 4 is 16.9 Å². The molecule has 1 aromatic heterocycles. The summed E-state index contributed by atoms with van der Waals surface area (Å²) in [6, 6.07) is 11.7. The van der Waals surface area contributed by atoms with Gasteiger partial charge in [-0.2, -0.15) is 0 Å². The van der Waals surface area contributed by atoms with Gasteiger partial charge in [0.15, 0.2) is 0 Å².